The Labute approximate surface area is 115 Å². The van der Waals surface area contributed by atoms with Crippen molar-refractivity contribution in [1.29, 1.82) is 0 Å². The van der Waals surface area contributed by atoms with E-state index in [2.05, 4.69) is 26.1 Å². The van der Waals surface area contributed by atoms with E-state index in [0.717, 1.165) is 36.2 Å². The monoisotopic (exact) mass is 318 g/mol. The Morgan fingerprint density at radius 2 is 2.12 bits per heavy atom. The zero-order valence-corrected chi connectivity index (χ0v) is 11.8. The predicted octanol–water partition coefficient (Wildman–Crippen LogP) is 2.04. The molecule has 0 aliphatic carbocycles. The molecule has 1 saturated heterocycles. The molecule has 5 heteroatoms. The van der Waals surface area contributed by atoms with Crippen molar-refractivity contribution in [2.75, 3.05) is 32.8 Å². The van der Waals surface area contributed by atoms with E-state index in [0.29, 0.717) is 5.02 Å². The van der Waals surface area contributed by atoms with Gasteiger partial charge in [0.05, 0.1) is 12.6 Å². The standard InChI is InChI=1S/C12H16BrClN2O/c13-9-1-2-10(11(14)7-9)12(8-17)16-5-3-15-4-6-16/h1-2,7,12,15,17H,3-6,8H2/t12-/m1/s1. The van der Waals surface area contributed by atoms with Gasteiger partial charge in [-0.3, -0.25) is 4.90 Å². The number of aliphatic hydroxyl groups is 1. The molecule has 0 aromatic heterocycles. The molecule has 17 heavy (non-hydrogen) atoms. The molecule has 3 nitrogen and oxygen atoms in total. The summed E-state index contributed by atoms with van der Waals surface area (Å²) in [5.74, 6) is 0. The van der Waals surface area contributed by atoms with E-state index < -0.39 is 0 Å². The largest absolute Gasteiger partial charge is 0.394 e. The lowest BCUT2D eigenvalue weighted by Gasteiger charge is -2.34. The van der Waals surface area contributed by atoms with Gasteiger partial charge in [-0.25, -0.2) is 0 Å². The molecular weight excluding hydrogens is 304 g/mol. The summed E-state index contributed by atoms with van der Waals surface area (Å²) in [4.78, 5) is 2.27. The van der Waals surface area contributed by atoms with Crippen LogP contribution in [0.3, 0.4) is 0 Å². The SMILES string of the molecule is OC[C@H](c1ccc(Br)cc1Cl)N1CCNCC1. The molecule has 0 radical (unpaired) electrons. The average Bonchev–Trinajstić information content (AvgIpc) is 2.34. The fourth-order valence-electron chi connectivity index (χ4n) is 2.18. The van der Waals surface area contributed by atoms with Gasteiger partial charge >= 0.3 is 0 Å². The van der Waals surface area contributed by atoms with Crippen LogP contribution in [0.2, 0.25) is 5.02 Å². The number of halogens is 2. The predicted molar refractivity (Wildman–Crippen MR) is 73.4 cm³/mol. The molecule has 1 atom stereocenters. The highest BCUT2D eigenvalue weighted by atomic mass is 79.9. The van der Waals surface area contributed by atoms with Crippen LogP contribution in [0.4, 0.5) is 0 Å². The zero-order valence-electron chi connectivity index (χ0n) is 9.50. The second-order valence-corrected chi connectivity index (χ2v) is 5.47. The summed E-state index contributed by atoms with van der Waals surface area (Å²) in [6.45, 7) is 3.91. The molecule has 2 rings (SSSR count). The fraction of sp³-hybridized carbons (Fsp3) is 0.500. The van der Waals surface area contributed by atoms with E-state index in [1.807, 2.05) is 18.2 Å². The Kier molecular flexibility index (Phi) is 4.82. The van der Waals surface area contributed by atoms with Crippen LogP contribution in [0.5, 0.6) is 0 Å². The fourth-order valence-corrected chi connectivity index (χ4v) is 2.98. The summed E-state index contributed by atoms with van der Waals surface area (Å²) >= 11 is 9.63. The van der Waals surface area contributed by atoms with E-state index >= 15 is 0 Å². The molecular formula is C12H16BrClN2O. The van der Waals surface area contributed by atoms with Crippen molar-refractivity contribution >= 4 is 27.5 Å². The molecule has 94 valence electrons. The van der Waals surface area contributed by atoms with Crippen molar-refractivity contribution in [3.63, 3.8) is 0 Å². The van der Waals surface area contributed by atoms with Crippen LogP contribution in [0.25, 0.3) is 0 Å². The summed E-state index contributed by atoms with van der Waals surface area (Å²) in [7, 11) is 0. The summed E-state index contributed by atoms with van der Waals surface area (Å²) < 4.78 is 0.961. The maximum absolute atomic E-state index is 9.59. The normalized spacial score (nSPS) is 19.2. The maximum Gasteiger partial charge on any atom is 0.0629 e. The van der Waals surface area contributed by atoms with Crippen LogP contribution in [-0.4, -0.2) is 42.8 Å². The number of nitrogens with zero attached hydrogens (tertiary/aromatic N) is 1. The van der Waals surface area contributed by atoms with Gasteiger partial charge in [-0.15, -0.1) is 0 Å². The first-order valence-electron chi connectivity index (χ1n) is 5.73. The number of piperazine rings is 1. The molecule has 0 spiro atoms. The smallest absolute Gasteiger partial charge is 0.0629 e. The topological polar surface area (TPSA) is 35.5 Å². The van der Waals surface area contributed by atoms with Gasteiger partial charge < -0.3 is 10.4 Å². The van der Waals surface area contributed by atoms with Crippen LogP contribution in [0.15, 0.2) is 22.7 Å². The Hall–Kier alpha value is -0.130. The number of hydrogen-bond donors (Lipinski definition) is 2. The quantitative estimate of drug-likeness (QED) is 0.895. The number of rotatable bonds is 3. The number of benzene rings is 1. The molecule has 1 aliphatic heterocycles. The minimum absolute atomic E-state index is 0.00213. The van der Waals surface area contributed by atoms with Gasteiger partial charge in [0.25, 0.3) is 0 Å². The highest BCUT2D eigenvalue weighted by Crippen LogP contribution is 2.29. The minimum atomic E-state index is -0.00213. The van der Waals surface area contributed by atoms with Crippen molar-refractivity contribution in [2.24, 2.45) is 0 Å². The van der Waals surface area contributed by atoms with Crippen molar-refractivity contribution in [2.45, 2.75) is 6.04 Å². The second-order valence-electron chi connectivity index (χ2n) is 4.15. The van der Waals surface area contributed by atoms with Crippen molar-refractivity contribution in [1.82, 2.24) is 10.2 Å². The van der Waals surface area contributed by atoms with Gasteiger partial charge in [0.1, 0.15) is 0 Å². The first-order valence-corrected chi connectivity index (χ1v) is 6.90. The van der Waals surface area contributed by atoms with Crippen LogP contribution >= 0.6 is 27.5 Å². The number of aliphatic hydroxyl groups excluding tert-OH is 1. The van der Waals surface area contributed by atoms with Gasteiger partial charge in [0.15, 0.2) is 0 Å². The molecule has 1 aromatic carbocycles. The third-order valence-corrected chi connectivity index (χ3v) is 3.91. The van der Waals surface area contributed by atoms with Crippen LogP contribution in [-0.2, 0) is 0 Å². The molecule has 0 bridgehead atoms. The third-order valence-electron chi connectivity index (χ3n) is 3.09. The van der Waals surface area contributed by atoms with Gasteiger partial charge in [-0.1, -0.05) is 33.6 Å². The summed E-state index contributed by atoms with van der Waals surface area (Å²) in [6.07, 6.45) is 0. The molecule has 0 saturated carbocycles. The molecule has 1 fully saturated rings. The van der Waals surface area contributed by atoms with Gasteiger partial charge in [-0.2, -0.15) is 0 Å². The maximum atomic E-state index is 9.59. The van der Waals surface area contributed by atoms with E-state index in [4.69, 9.17) is 11.6 Å². The average molecular weight is 320 g/mol. The molecule has 1 aliphatic rings. The number of nitrogens with one attached hydrogen (secondary N) is 1. The molecule has 0 unspecified atom stereocenters. The lowest BCUT2D eigenvalue weighted by atomic mass is 10.1. The first-order chi connectivity index (χ1) is 8.22. The van der Waals surface area contributed by atoms with Crippen LogP contribution < -0.4 is 5.32 Å². The Balaban J connectivity index is 2.21. The lowest BCUT2D eigenvalue weighted by Crippen LogP contribution is -2.46. The Bertz CT molecular complexity index is 383. The Morgan fingerprint density at radius 3 is 2.71 bits per heavy atom. The minimum Gasteiger partial charge on any atom is -0.394 e. The molecule has 1 heterocycles. The van der Waals surface area contributed by atoms with E-state index in [1.54, 1.807) is 0 Å². The van der Waals surface area contributed by atoms with Gasteiger partial charge in [0, 0.05) is 35.7 Å². The second kappa shape index (κ2) is 6.16. The van der Waals surface area contributed by atoms with E-state index in [-0.39, 0.29) is 12.6 Å². The van der Waals surface area contributed by atoms with Crippen molar-refractivity contribution in [3.8, 4) is 0 Å². The van der Waals surface area contributed by atoms with Gasteiger partial charge in [0.2, 0.25) is 0 Å². The first kappa shape index (κ1) is 13.3. The van der Waals surface area contributed by atoms with Crippen molar-refractivity contribution < 1.29 is 5.11 Å². The van der Waals surface area contributed by atoms with Crippen LogP contribution in [0, 0.1) is 0 Å². The number of hydrogen-bond acceptors (Lipinski definition) is 3. The van der Waals surface area contributed by atoms with E-state index in [1.165, 1.54) is 0 Å². The molecule has 2 N–H and O–H groups in total. The molecule has 0 amide bonds. The highest BCUT2D eigenvalue weighted by molar-refractivity contribution is 9.10. The van der Waals surface area contributed by atoms with Crippen LogP contribution in [0.1, 0.15) is 11.6 Å². The summed E-state index contributed by atoms with van der Waals surface area (Å²) in [5, 5.41) is 13.6. The van der Waals surface area contributed by atoms with E-state index in [9.17, 15) is 5.11 Å². The third kappa shape index (κ3) is 3.20. The summed E-state index contributed by atoms with van der Waals surface area (Å²) in [5.41, 5.74) is 0.999. The molecule has 1 aromatic rings. The zero-order chi connectivity index (χ0) is 12.3. The highest BCUT2D eigenvalue weighted by Gasteiger charge is 2.23. The van der Waals surface area contributed by atoms with Crippen molar-refractivity contribution in [3.05, 3.63) is 33.3 Å². The summed E-state index contributed by atoms with van der Waals surface area (Å²) in [6, 6.07) is 5.82. The van der Waals surface area contributed by atoms with Gasteiger partial charge in [-0.05, 0) is 17.7 Å². The Morgan fingerprint density at radius 1 is 1.41 bits per heavy atom. The lowest BCUT2D eigenvalue weighted by molar-refractivity contribution is 0.111.